The number of hydrogen-bond acceptors (Lipinski definition) is 4. The Labute approximate surface area is 93.7 Å². The lowest BCUT2D eigenvalue weighted by Crippen LogP contribution is -1.95. The molecule has 0 N–H and O–H groups in total. The van der Waals surface area contributed by atoms with E-state index in [9.17, 15) is 9.59 Å². The number of rotatable bonds is 4. The van der Waals surface area contributed by atoms with E-state index >= 15 is 0 Å². The zero-order valence-corrected chi connectivity index (χ0v) is 9.28. The van der Waals surface area contributed by atoms with Gasteiger partial charge in [-0.1, -0.05) is 12.1 Å². The molecule has 0 heterocycles. The number of nitrogens with zero attached hydrogens (tertiary/aromatic N) is 2. The van der Waals surface area contributed by atoms with Gasteiger partial charge in [-0.2, -0.15) is 0 Å². The molecular formula is C12H12N2O2. The molecule has 4 nitrogen and oxygen atoms in total. The van der Waals surface area contributed by atoms with Crippen molar-refractivity contribution in [1.29, 1.82) is 0 Å². The Kier molecular flexibility index (Phi) is 4.34. The summed E-state index contributed by atoms with van der Waals surface area (Å²) in [6.07, 6.45) is 3.00. The summed E-state index contributed by atoms with van der Waals surface area (Å²) in [5, 5.41) is 0. The number of carbonyl (C=O) groups excluding carboxylic acids is 2. The van der Waals surface area contributed by atoms with E-state index in [1.807, 2.05) is 26.0 Å². The van der Waals surface area contributed by atoms with Crippen molar-refractivity contribution in [2.24, 2.45) is 9.98 Å². The summed E-state index contributed by atoms with van der Waals surface area (Å²) in [6.45, 7) is 4.51. The summed E-state index contributed by atoms with van der Waals surface area (Å²) in [5.41, 5.74) is 4.03. The molecule has 1 rings (SSSR count). The number of hydrogen-bond donors (Lipinski definition) is 0. The summed E-state index contributed by atoms with van der Waals surface area (Å²) < 4.78 is 0. The molecule has 0 aliphatic heterocycles. The molecule has 82 valence electrons. The summed E-state index contributed by atoms with van der Waals surface area (Å²) in [5.74, 6) is 0. The molecule has 0 atom stereocenters. The van der Waals surface area contributed by atoms with Crippen LogP contribution < -0.4 is 0 Å². The van der Waals surface area contributed by atoms with Crippen molar-refractivity contribution in [2.45, 2.75) is 26.9 Å². The van der Waals surface area contributed by atoms with Crippen LogP contribution in [0.2, 0.25) is 0 Å². The number of aliphatic imine (C=N–C) groups is 2. The lowest BCUT2D eigenvalue weighted by atomic mass is 10.00. The molecule has 0 aromatic heterocycles. The Balaban J connectivity index is 3.14. The Morgan fingerprint density at radius 2 is 1.31 bits per heavy atom. The second-order valence-electron chi connectivity index (χ2n) is 3.52. The van der Waals surface area contributed by atoms with Gasteiger partial charge in [-0.3, -0.25) is 0 Å². The third-order valence-corrected chi connectivity index (χ3v) is 2.44. The lowest BCUT2D eigenvalue weighted by molar-refractivity contribution is 0.561. The molecule has 0 aliphatic carbocycles. The van der Waals surface area contributed by atoms with Crippen LogP contribution in [-0.2, 0) is 22.7 Å². The van der Waals surface area contributed by atoms with Gasteiger partial charge >= 0.3 is 0 Å². The molecule has 0 radical (unpaired) electrons. The van der Waals surface area contributed by atoms with Crippen LogP contribution in [0.5, 0.6) is 0 Å². The van der Waals surface area contributed by atoms with Crippen molar-refractivity contribution in [3.05, 3.63) is 34.4 Å². The van der Waals surface area contributed by atoms with E-state index in [0.29, 0.717) is 0 Å². The third kappa shape index (κ3) is 2.99. The quantitative estimate of drug-likeness (QED) is 0.570. The standard InChI is InChI=1S/C12H12N2O2/c1-9-3-11(5-13-7-15)12(4-10(9)2)6-14-8-16/h3-4H,5-6H2,1-2H3. The van der Waals surface area contributed by atoms with Gasteiger partial charge in [0.15, 0.2) is 0 Å². The Morgan fingerprint density at radius 1 is 0.938 bits per heavy atom. The van der Waals surface area contributed by atoms with Crippen molar-refractivity contribution in [3.8, 4) is 0 Å². The smallest absolute Gasteiger partial charge is 0.211 e. The van der Waals surface area contributed by atoms with Crippen molar-refractivity contribution in [2.75, 3.05) is 0 Å². The third-order valence-electron chi connectivity index (χ3n) is 2.44. The van der Waals surface area contributed by atoms with Gasteiger partial charge in [0.2, 0.25) is 12.2 Å². The Hall–Kier alpha value is -2.02. The zero-order chi connectivity index (χ0) is 12.0. The largest absolute Gasteiger partial charge is 0.235 e. The maximum atomic E-state index is 10.1. The minimum Gasteiger partial charge on any atom is -0.211 e. The fraction of sp³-hybridized carbons (Fsp3) is 0.333. The van der Waals surface area contributed by atoms with Gasteiger partial charge in [-0.05, 0) is 36.1 Å². The minimum absolute atomic E-state index is 0.272. The van der Waals surface area contributed by atoms with E-state index in [1.165, 1.54) is 12.2 Å². The molecule has 0 spiro atoms. The molecule has 0 saturated carbocycles. The predicted octanol–water partition coefficient (Wildman–Crippen LogP) is 1.98. The van der Waals surface area contributed by atoms with Crippen LogP contribution in [0.3, 0.4) is 0 Å². The molecule has 1 aromatic carbocycles. The molecule has 0 amide bonds. The van der Waals surface area contributed by atoms with E-state index in [0.717, 1.165) is 22.3 Å². The first-order valence-corrected chi connectivity index (χ1v) is 4.85. The second kappa shape index (κ2) is 5.76. The minimum atomic E-state index is 0.272. The van der Waals surface area contributed by atoms with E-state index in [1.54, 1.807) is 0 Å². The van der Waals surface area contributed by atoms with Gasteiger partial charge in [-0.25, -0.2) is 19.6 Å². The zero-order valence-electron chi connectivity index (χ0n) is 9.28. The summed E-state index contributed by atoms with van der Waals surface area (Å²) in [7, 11) is 0. The van der Waals surface area contributed by atoms with Gasteiger partial charge in [-0.15, -0.1) is 0 Å². The van der Waals surface area contributed by atoms with Crippen LogP contribution in [-0.4, -0.2) is 12.2 Å². The maximum absolute atomic E-state index is 10.1. The van der Waals surface area contributed by atoms with Crippen LogP contribution in [0.15, 0.2) is 22.1 Å². The highest BCUT2D eigenvalue weighted by Crippen LogP contribution is 2.17. The lowest BCUT2D eigenvalue weighted by Gasteiger charge is -2.08. The molecule has 16 heavy (non-hydrogen) atoms. The van der Waals surface area contributed by atoms with Gasteiger partial charge in [0.25, 0.3) is 0 Å². The molecule has 0 unspecified atom stereocenters. The Bertz CT molecular complexity index is 437. The van der Waals surface area contributed by atoms with Crippen molar-refractivity contribution < 1.29 is 9.59 Å². The van der Waals surface area contributed by atoms with Gasteiger partial charge in [0, 0.05) is 0 Å². The molecule has 0 bridgehead atoms. The van der Waals surface area contributed by atoms with E-state index in [-0.39, 0.29) is 13.1 Å². The van der Waals surface area contributed by atoms with Gasteiger partial charge < -0.3 is 0 Å². The average molecular weight is 216 g/mol. The highest BCUT2D eigenvalue weighted by atomic mass is 16.1. The topological polar surface area (TPSA) is 58.9 Å². The van der Waals surface area contributed by atoms with E-state index in [2.05, 4.69) is 9.98 Å². The number of benzene rings is 1. The summed E-state index contributed by atoms with van der Waals surface area (Å²) >= 11 is 0. The molecule has 0 aliphatic rings. The first kappa shape index (κ1) is 12.1. The molecular weight excluding hydrogens is 204 g/mol. The van der Waals surface area contributed by atoms with Gasteiger partial charge in [0.05, 0.1) is 13.1 Å². The molecule has 4 heteroatoms. The average Bonchev–Trinajstić information content (AvgIpc) is 2.28. The monoisotopic (exact) mass is 216 g/mol. The van der Waals surface area contributed by atoms with Crippen LogP contribution in [0.25, 0.3) is 0 Å². The highest BCUT2D eigenvalue weighted by molar-refractivity contribution is 5.41. The normalized spacial score (nSPS) is 9.12. The van der Waals surface area contributed by atoms with Crippen molar-refractivity contribution in [1.82, 2.24) is 0 Å². The Morgan fingerprint density at radius 3 is 1.62 bits per heavy atom. The van der Waals surface area contributed by atoms with E-state index < -0.39 is 0 Å². The maximum Gasteiger partial charge on any atom is 0.235 e. The van der Waals surface area contributed by atoms with Crippen molar-refractivity contribution in [3.63, 3.8) is 0 Å². The molecule has 0 fully saturated rings. The summed E-state index contributed by atoms with van der Waals surface area (Å²) in [6, 6.07) is 3.90. The van der Waals surface area contributed by atoms with E-state index in [4.69, 9.17) is 0 Å². The van der Waals surface area contributed by atoms with Crippen molar-refractivity contribution >= 4 is 12.2 Å². The van der Waals surface area contributed by atoms with Crippen LogP contribution in [0.4, 0.5) is 0 Å². The highest BCUT2D eigenvalue weighted by Gasteiger charge is 2.04. The predicted molar refractivity (Wildman–Crippen MR) is 59.6 cm³/mol. The SMILES string of the molecule is Cc1cc(CN=C=O)c(CN=C=O)cc1C. The molecule has 1 aromatic rings. The number of isocyanates is 2. The first-order chi connectivity index (χ1) is 7.69. The second-order valence-corrected chi connectivity index (χ2v) is 3.52. The molecule has 0 saturated heterocycles. The number of aryl methyl sites for hydroxylation is 2. The summed E-state index contributed by atoms with van der Waals surface area (Å²) in [4.78, 5) is 27.2. The van der Waals surface area contributed by atoms with Gasteiger partial charge in [0.1, 0.15) is 0 Å². The van der Waals surface area contributed by atoms with Crippen LogP contribution in [0, 0.1) is 13.8 Å². The van der Waals surface area contributed by atoms with Crippen LogP contribution in [0.1, 0.15) is 22.3 Å². The first-order valence-electron chi connectivity index (χ1n) is 4.85. The fourth-order valence-electron chi connectivity index (χ4n) is 1.47. The van der Waals surface area contributed by atoms with Crippen LogP contribution >= 0.6 is 0 Å². The fourth-order valence-corrected chi connectivity index (χ4v) is 1.47.